The Labute approximate surface area is 127 Å². The molecule has 1 N–H and O–H groups in total. The van der Waals surface area contributed by atoms with Gasteiger partial charge in [-0.25, -0.2) is 9.97 Å². The molecule has 2 aliphatic heterocycles. The fourth-order valence-corrected chi connectivity index (χ4v) is 4.34. The van der Waals surface area contributed by atoms with Crippen molar-refractivity contribution in [1.29, 1.82) is 0 Å². The van der Waals surface area contributed by atoms with Crippen molar-refractivity contribution < 1.29 is 4.79 Å². The highest BCUT2D eigenvalue weighted by Crippen LogP contribution is 2.34. The van der Waals surface area contributed by atoms with Crippen molar-refractivity contribution in [1.82, 2.24) is 15.3 Å². The second-order valence-electron chi connectivity index (χ2n) is 5.86. The van der Waals surface area contributed by atoms with Gasteiger partial charge in [0.15, 0.2) is 0 Å². The van der Waals surface area contributed by atoms with Gasteiger partial charge in [-0.05, 0) is 30.7 Å². The van der Waals surface area contributed by atoms with E-state index in [1.54, 1.807) is 17.7 Å². The normalized spacial score (nSPS) is 26.3. The first-order valence-electron chi connectivity index (χ1n) is 7.54. The Hall–Kier alpha value is -1.69. The van der Waals surface area contributed by atoms with E-state index in [4.69, 9.17) is 0 Å². The first-order valence-corrected chi connectivity index (χ1v) is 8.42. The molecular formula is C15H18N4OS. The molecule has 6 heteroatoms. The monoisotopic (exact) mass is 302 g/mol. The molecule has 0 saturated carbocycles. The highest BCUT2D eigenvalue weighted by Gasteiger charge is 2.35. The predicted molar refractivity (Wildman–Crippen MR) is 83.5 cm³/mol. The van der Waals surface area contributed by atoms with Gasteiger partial charge in [0.05, 0.1) is 5.39 Å². The number of anilines is 1. The topological polar surface area (TPSA) is 58.1 Å². The molecule has 2 fully saturated rings. The van der Waals surface area contributed by atoms with Gasteiger partial charge >= 0.3 is 0 Å². The second kappa shape index (κ2) is 5.26. The molecule has 1 amide bonds. The summed E-state index contributed by atoms with van der Waals surface area (Å²) in [4.78, 5) is 23.9. The highest BCUT2D eigenvalue weighted by atomic mass is 32.1. The average Bonchev–Trinajstić information content (AvgIpc) is 3.15. The number of rotatable bonds is 2. The lowest BCUT2D eigenvalue weighted by atomic mass is 9.89. The van der Waals surface area contributed by atoms with E-state index in [-0.39, 0.29) is 5.91 Å². The van der Waals surface area contributed by atoms with Crippen molar-refractivity contribution in [3.63, 3.8) is 0 Å². The summed E-state index contributed by atoms with van der Waals surface area (Å²) in [7, 11) is 0. The molecule has 0 aliphatic carbocycles. The van der Waals surface area contributed by atoms with Crippen LogP contribution in [0, 0.1) is 5.92 Å². The Kier molecular flexibility index (Phi) is 3.25. The molecule has 2 atom stereocenters. The Balaban J connectivity index is 1.70. The minimum Gasteiger partial charge on any atom is -0.356 e. The van der Waals surface area contributed by atoms with Crippen molar-refractivity contribution in [2.24, 2.45) is 5.92 Å². The zero-order valence-electron chi connectivity index (χ0n) is 11.8. The van der Waals surface area contributed by atoms with E-state index in [9.17, 15) is 4.79 Å². The summed E-state index contributed by atoms with van der Waals surface area (Å²) in [5.41, 5.74) is 0. The lowest BCUT2D eigenvalue weighted by Gasteiger charge is -2.39. The second-order valence-corrected chi connectivity index (χ2v) is 6.76. The zero-order valence-corrected chi connectivity index (χ0v) is 12.6. The first kappa shape index (κ1) is 13.0. The average molecular weight is 302 g/mol. The van der Waals surface area contributed by atoms with Gasteiger partial charge < -0.3 is 10.2 Å². The Bertz CT molecular complexity index is 670. The van der Waals surface area contributed by atoms with Gasteiger partial charge in [0.1, 0.15) is 17.0 Å². The van der Waals surface area contributed by atoms with E-state index in [2.05, 4.69) is 31.6 Å². The van der Waals surface area contributed by atoms with E-state index in [0.717, 1.165) is 35.5 Å². The van der Waals surface area contributed by atoms with Gasteiger partial charge in [0.2, 0.25) is 5.91 Å². The Morgan fingerprint density at radius 3 is 3.14 bits per heavy atom. The van der Waals surface area contributed by atoms with Crippen LogP contribution in [0.1, 0.15) is 25.7 Å². The third-order valence-electron chi connectivity index (χ3n) is 4.62. The number of amides is 1. The Morgan fingerprint density at radius 1 is 1.33 bits per heavy atom. The summed E-state index contributed by atoms with van der Waals surface area (Å²) in [5, 5.41) is 6.19. The number of hydrogen-bond donors (Lipinski definition) is 1. The van der Waals surface area contributed by atoms with Crippen molar-refractivity contribution in [2.75, 3.05) is 18.0 Å². The summed E-state index contributed by atoms with van der Waals surface area (Å²) < 4.78 is 0. The minimum atomic E-state index is 0.189. The van der Waals surface area contributed by atoms with Crippen LogP contribution >= 0.6 is 11.3 Å². The fourth-order valence-electron chi connectivity index (χ4n) is 3.62. The van der Waals surface area contributed by atoms with Crippen LogP contribution in [-0.4, -0.2) is 35.0 Å². The summed E-state index contributed by atoms with van der Waals surface area (Å²) in [6.45, 7) is 1.83. The maximum absolute atomic E-state index is 11.6. The van der Waals surface area contributed by atoms with E-state index >= 15 is 0 Å². The number of fused-ring (bicyclic) bond motifs is 1. The lowest BCUT2D eigenvalue weighted by molar-refractivity contribution is -0.119. The molecule has 2 aromatic rings. The Morgan fingerprint density at radius 2 is 2.29 bits per heavy atom. The molecular weight excluding hydrogens is 284 g/mol. The van der Waals surface area contributed by atoms with Gasteiger partial charge in [-0.2, -0.15) is 0 Å². The van der Waals surface area contributed by atoms with Crippen molar-refractivity contribution >= 4 is 33.3 Å². The van der Waals surface area contributed by atoms with E-state index in [1.165, 1.54) is 12.8 Å². The summed E-state index contributed by atoms with van der Waals surface area (Å²) in [6, 6.07) is 2.52. The van der Waals surface area contributed by atoms with Crippen LogP contribution in [-0.2, 0) is 4.79 Å². The van der Waals surface area contributed by atoms with Crippen LogP contribution in [0.2, 0.25) is 0 Å². The smallest absolute Gasteiger partial charge is 0.220 e. The zero-order chi connectivity index (χ0) is 14.2. The standard InChI is InChI=1S/C15H18N4OS/c20-13-7-10(8-16-13)12-3-1-2-5-19(12)14-11-4-6-21-15(11)18-9-17-14/h4,6,9-10,12H,1-3,5,7-8H2,(H,16,20)/t10-,12+/m0/s1. The van der Waals surface area contributed by atoms with Crippen molar-refractivity contribution in [2.45, 2.75) is 31.7 Å². The molecule has 4 rings (SSSR count). The summed E-state index contributed by atoms with van der Waals surface area (Å²) >= 11 is 1.66. The number of thiophene rings is 1. The molecule has 2 aliphatic rings. The van der Waals surface area contributed by atoms with Crippen LogP contribution in [0.15, 0.2) is 17.8 Å². The number of nitrogens with one attached hydrogen (secondary N) is 1. The van der Waals surface area contributed by atoms with E-state index < -0.39 is 0 Å². The molecule has 21 heavy (non-hydrogen) atoms. The van der Waals surface area contributed by atoms with Gasteiger partial charge in [-0.15, -0.1) is 11.3 Å². The SMILES string of the molecule is O=C1C[C@H]([C@H]2CCCCN2c2ncnc3sccc23)CN1. The molecule has 2 aromatic heterocycles. The van der Waals surface area contributed by atoms with Crippen LogP contribution in [0.5, 0.6) is 0 Å². The molecule has 0 radical (unpaired) electrons. The van der Waals surface area contributed by atoms with Crippen LogP contribution in [0.3, 0.4) is 0 Å². The lowest BCUT2D eigenvalue weighted by Crippen LogP contribution is -2.45. The molecule has 0 spiro atoms. The van der Waals surface area contributed by atoms with Crippen molar-refractivity contribution in [3.05, 3.63) is 17.8 Å². The van der Waals surface area contributed by atoms with E-state index in [1.807, 2.05) is 0 Å². The first-order chi connectivity index (χ1) is 10.3. The predicted octanol–water partition coefficient (Wildman–Crippen LogP) is 2.19. The van der Waals surface area contributed by atoms with Gasteiger partial charge in [-0.1, -0.05) is 0 Å². The summed E-state index contributed by atoms with van der Waals surface area (Å²) in [5.74, 6) is 1.64. The third-order valence-corrected chi connectivity index (χ3v) is 5.44. The van der Waals surface area contributed by atoms with E-state index in [0.29, 0.717) is 18.4 Å². The molecule has 0 aromatic carbocycles. The van der Waals surface area contributed by atoms with Crippen LogP contribution in [0.4, 0.5) is 5.82 Å². The molecule has 4 heterocycles. The highest BCUT2D eigenvalue weighted by molar-refractivity contribution is 7.16. The molecule has 2 saturated heterocycles. The van der Waals surface area contributed by atoms with Crippen LogP contribution in [0.25, 0.3) is 10.2 Å². The number of hydrogen-bond acceptors (Lipinski definition) is 5. The molecule has 110 valence electrons. The maximum Gasteiger partial charge on any atom is 0.220 e. The number of piperidine rings is 1. The van der Waals surface area contributed by atoms with Gasteiger partial charge in [0, 0.05) is 31.5 Å². The quantitative estimate of drug-likeness (QED) is 0.924. The molecule has 0 bridgehead atoms. The summed E-state index contributed by atoms with van der Waals surface area (Å²) in [6.07, 6.45) is 5.90. The number of carbonyl (C=O) groups is 1. The fraction of sp³-hybridized carbons (Fsp3) is 0.533. The van der Waals surface area contributed by atoms with Crippen LogP contribution < -0.4 is 10.2 Å². The van der Waals surface area contributed by atoms with Gasteiger partial charge in [0.25, 0.3) is 0 Å². The largest absolute Gasteiger partial charge is 0.356 e. The minimum absolute atomic E-state index is 0.189. The van der Waals surface area contributed by atoms with Crippen molar-refractivity contribution in [3.8, 4) is 0 Å². The molecule has 5 nitrogen and oxygen atoms in total. The maximum atomic E-state index is 11.6. The molecule has 0 unspecified atom stereocenters. The number of aromatic nitrogens is 2. The third kappa shape index (κ3) is 2.27. The number of carbonyl (C=O) groups excluding carboxylic acids is 1. The number of nitrogens with zero attached hydrogens (tertiary/aromatic N) is 3. The van der Waals surface area contributed by atoms with Gasteiger partial charge in [-0.3, -0.25) is 4.79 Å².